The van der Waals surface area contributed by atoms with Crippen LogP contribution in [0.5, 0.6) is 0 Å². The van der Waals surface area contributed by atoms with E-state index in [9.17, 15) is 14.0 Å². The SMILES string of the molecule is Cc1ccc(-c2ccc(NC3=CC(=O)c4ncncc4C3=O)cc2F)cc1. The number of ketones is 2. The summed E-state index contributed by atoms with van der Waals surface area (Å²) in [5, 5.41) is 2.83. The molecule has 0 amide bonds. The molecule has 3 aromatic rings. The van der Waals surface area contributed by atoms with E-state index in [0.717, 1.165) is 11.1 Å². The Kier molecular flexibility index (Phi) is 4.08. The predicted octanol–water partition coefficient (Wildman–Crippen LogP) is 3.97. The molecule has 4 rings (SSSR count). The lowest BCUT2D eigenvalue weighted by Gasteiger charge is -2.16. The average molecular weight is 359 g/mol. The van der Waals surface area contributed by atoms with Gasteiger partial charge in [0.25, 0.3) is 0 Å². The molecule has 1 aliphatic rings. The largest absolute Gasteiger partial charge is 0.352 e. The maximum Gasteiger partial charge on any atom is 0.213 e. The smallest absolute Gasteiger partial charge is 0.213 e. The summed E-state index contributed by atoms with van der Waals surface area (Å²) in [6, 6.07) is 12.1. The van der Waals surface area contributed by atoms with Crippen LogP contribution in [0.25, 0.3) is 11.1 Å². The number of anilines is 1. The summed E-state index contributed by atoms with van der Waals surface area (Å²) in [6.45, 7) is 1.96. The van der Waals surface area contributed by atoms with Gasteiger partial charge in [0.05, 0.1) is 11.3 Å². The minimum Gasteiger partial charge on any atom is -0.352 e. The molecule has 2 aromatic carbocycles. The second-order valence-corrected chi connectivity index (χ2v) is 6.22. The predicted molar refractivity (Wildman–Crippen MR) is 99.0 cm³/mol. The Labute approximate surface area is 154 Å². The van der Waals surface area contributed by atoms with E-state index in [4.69, 9.17) is 0 Å². The number of hydrogen-bond acceptors (Lipinski definition) is 5. The Morgan fingerprint density at radius 2 is 1.78 bits per heavy atom. The van der Waals surface area contributed by atoms with Crippen molar-refractivity contribution in [2.24, 2.45) is 0 Å². The molecule has 6 heteroatoms. The number of hydrogen-bond donors (Lipinski definition) is 1. The fraction of sp³-hybridized carbons (Fsp3) is 0.0476. The first kappa shape index (κ1) is 16.8. The van der Waals surface area contributed by atoms with Crippen LogP contribution < -0.4 is 5.32 Å². The number of fused-ring (bicyclic) bond motifs is 1. The summed E-state index contributed by atoms with van der Waals surface area (Å²) in [5.41, 5.74) is 2.94. The van der Waals surface area contributed by atoms with E-state index in [0.29, 0.717) is 11.3 Å². The number of aromatic nitrogens is 2. The normalized spacial score (nSPS) is 13.2. The lowest BCUT2D eigenvalue weighted by atomic mass is 9.98. The van der Waals surface area contributed by atoms with Gasteiger partial charge >= 0.3 is 0 Å². The molecule has 1 heterocycles. The Bertz CT molecular complexity index is 1100. The van der Waals surface area contributed by atoms with Crippen LogP contribution >= 0.6 is 0 Å². The summed E-state index contributed by atoms with van der Waals surface area (Å²) in [4.78, 5) is 32.3. The fourth-order valence-electron chi connectivity index (χ4n) is 2.91. The molecule has 0 spiro atoms. The molecule has 1 aromatic heterocycles. The molecule has 0 unspecified atom stereocenters. The number of carbonyl (C=O) groups excluding carboxylic acids is 2. The van der Waals surface area contributed by atoms with Crippen LogP contribution in [0.3, 0.4) is 0 Å². The third-order valence-electron chi connectivity index (χ3n) is 4.32. The van der Waals surface area contributed by atoms with Crippen LogP contribution in [0.4, 0.5) is 10.1 Å². The zero-order valence-corrected chi connectivity index (χ0v) is 14.4. The van der Waals surface area contributed by atoms with Crippen LogP contribution in [0.1, 0.15) is 26.4 Å². The average Bonchev–Trinajstić information content (AvgIpc) is 2.67. The maximum absolute atomic E-state index is 14.6. The van der Waals surface area contributed by atoms with Crippen LogP contribution in [-0.2, 0) is 0 Å². The van der Waals surface area contributed by atoms with Crippen molar-refractivity contribution < 1.29 is 14.0 Å². The monoisotopic (exact) mass is 359 g/mol. The summed E-state index contributed by atoms with van der Waals surface area (Å²) >= 11 is 0. The van der Waals surface area contributed by atoms with E-state index >= 15 is 0 Å². The highest BCUT2D eigenvalue weighted by molar-refractivity contribution is 6.24. The van der Waals surface area contributed by atoms with Gasteiger partial charge in [-0.2, -0.15) is 0 Å². The van der Waals surface area contributed by atoms with E-state index in [1.165, 1.54) is 24.7 Å². The van der Waals surface area contributed by atoms with Crippen molar-refractivity contribution in [1.29, 1.82) is 0 Å². The quantitative estimate of drug-likeness (QED) is 0.766. The third kappa shape index (κ3) is 3.13. The van der Waals surface area contributed by atoms with E-state index < -0.39 is 17.4 Å². The molecular weight excluding hydrogens is 345 g/mol. The lowest BCUT2D eigenvalue weighted by Crippen LogP contribution is -2.22. The number of Topliss-reactive ketones (excluding diaryl/α,β-unsaturated/α-hetero) is 1. The number of aryl methyl sites for hydroxylation is 1. The zero-order chi connectivity index (χ0) is 19.0. The minimum atomic E-state index is -0.428. The molecule has 0 saturated carbocycles. The molecule has 0 saturated heterocycles. The number of carbonyl (C=O) groups is 2. The van der Waals surface area contributed by atoms with Crippen molar-refractivity contribution in [1.82, 2.24) is 9.97 Å². The topological polar surface area (TPSA) is 72.0 Å². The second kappa shape index (κ2) is 6.57. The first-order valence-corrected chi connectivity index (χ1v) is 8.27. The molecule has 0 atom stereocenters. The second-order valence-electron chi connectivity index (χ2n) is 6.22. The van der Waals surface area contributed by atoms with Gasteiger partial charge in [-0.25, -0.2) is 14.4 Å². The van der Waals surface area contributed by atoms with E-state index in [2.05, 4.69) is 15.3 Å². The van der Waals surface area contributed by atoms with Crippen LogP contribution in [0.2, 0.25) is 0 Å². The Morgan fingerprint density at radius 1 is 1.00 bits per heavy atom. The summed E-state index contributed by atoms with van der Waals surface area (Å²) in [5.74, 6) is -1.23. The first-order valence-electron chi connectivity index (χ1n) is 8.27. The lowest BCUT2D eigenvalue weighted by molar-refractivity contribution is 0.0981. The van der Waals surface area contributed by atoms with Gasteiger partial charge < -0.3 is 5.32 Å². The fourth-order valence-corrected chi connectivity index (χ4v) is 2.91. The molecule has 0 fully saturated rings. The van der Waals surface area contributed by atoms with Gasteiger partial charge in [-0.15, -0.1) is 0 Å². The van der Waals surface area contributed by atoms with Crippen molar-refractivity contribution >= 4 is 17.3 Å². The number of nitrogens with one attached hydrogen (secondary N) is 1. The van der Waals surface area contributed by atoms with Gasteiger partial charge in [0.1, 0.15) is 17.8 Å². The zero-order valence-electron chi connectivity index (χ0n) is 14.4. The van der Waals surface area contributed by atoms with E-state index in [1.807, 2.05) is 31.2 Å². The van der Waals surface area contributed by atoms with E-state index in [1.54, 1.807) is 12.1 Å². The van der Waals surface area contributed by atoms with Gasteiger partial charge in [-0.1, -0.05) is 29.8 Å². The van der Waals surface area contributed by atoms with Gasteiger partial charge in [0.15, 0.2) is 0 Å². The standard InChI is InChI=1S/C21H14FN3O2/c1-12-2-4-13(5-3-12)15-7-6-14(8-17(15)22)25-18-9-19(26)20-16(21(18)27)10-23-11-24-20/h2-11,25H,1H3. The van der Waals surface area contributed by atoms with Crippen LogP contribution in [0, 0.1) is 12.7 Å². The Balaban J connectivity index is 1.62. The van der Waals surface area contributed by atoms with Crippen molar-refractivity contribution in [3.63, 3.8) is 0 Å². The Morgan fingerprint density at radius 3 is 2.52 bits per heavy atom. The molecule has 0 aliphatic heterocycles. The van der Waals surface area contributed by atoms with Gasteiger partial charge in [-0.05, 0) is 30.7 Å². The van der Waals surface area contributed by atoms with Crippen molar-refractivity contribution in [3.8, 4) is 11.1 Å². The molecule has 132 valence electrons. The summed E-state index contributed by atoms with van der Waals surface area (Å²) < 4.78 is 14.6. The summed E-state index contributed by atoms with van der Waals surface area (Å²) in [7, 11) is 0. The number of allylic oxidation sites excluding steroid dienone is 2. The molecule has 1 aliphatic carbocycles. The highest BCUT2D eigenvalue weighted by Crippen LogP contribution is 2.27. The highest BCUT2D eigenvalue weighted by Gasteiger charge is 2.27. The van der Waals surface area contributed by atoms with Gasteiger partial charge in [-0.3, -0.25) is 9.59 Å². The highest BCUT2D eigenvalue weighted by atomic mass is 19.1. The number of benzene rings is 2. The molecular formula is C21H14FN3O2. The van der Waals surface area contributed by atoms with Gasteiger partial charge in [0, 0.05) is 23.5 Å². The van der Waals surface area contributed by atoms with Gasteiger partial charge in [0.2, 0.25) is 11.6 Å². The molecule has 1 N–H and O–H groups in total. The molecule has 0 bridgehead atoms. The third-order valence-corrected chi connectivity index (χ3v) is 4.32. The van der Waals surface area contributed by atoms with Crippen molar-refractivity contribution in [3.05, 3.63) is 89.4 Å². The number of rotatable bonds is 3. The first-order chi connectivity index (χ1) is 13.0. The van der Waals surface area contributed by atoms with Crippen molar-refractivity contribution in [2.75, 3.05) is 5.32 Å². The molecule has 27 heavy (non-hydrogen) atoms. The minimum absolute atomic E-state index is 0.0600. The maximum atomic E-state index is 14.6. The van der Waals surface area contributed by atoms with Crippen LogP contribution in [0.15, 0.2) is 66.8 Å². The molecule has 0 radical (unpaired) electrons. The van der Waals surface area contributed by atoms with Crippen molar-refractivity contribution in [2.45, 2.75) is 6.92 Å². The number of halogens is 1. The number of nitrogens with zero attached hydrogens (tertiary/aromatic N) is 2. The van der Waals surface area contributed by atoms with Crippen LogP contribution in [-0.4, -0.2) is 21.5 Å². The molecule has 5 nitrogen and oxygen atoms in total. The van der Waals surface area contributed by atoms with E-state index in [-0.39, 0.29) is 17.0 Å². The summed E-state index contributed by atoms with van der Waals surface area (Å²) in [6.07, 6.45) is 3.69. The Hall–Kier alpha value is -3.67.